The third kappa shape index (κ3) is 2.68. The van der Waals surface area contributed by atoms with Gasteiger partial charge >= 0.3 is 0 Å². The van der Waals surface area contributed by atoms with Gasteiger partial charge < -0.3 is 11.1 Å². The van der Waals surface area contributed by atoms with Crippen molar-refractivity contribution in [3.8, 4) is 0 Å². The zero-order valence-electron chi connectivity index (χ0n) is 11.3. The molecule has 3 N–H and O–H groups in total. The lowest BCUT2D eigenvalue weighted by atomic mass is 9.92. The Balaban J connectivity index is 1.85. The fraction of sp³-hybridized carbons (Fsp3) is 0.467. The van der Waals surface area contributed by atoms with E-state index in [1.165, 1.54) is 6.42 Å². The van der Waals surface area contributed by atoms with Crippen molar-refractivity contribution in [3.05, 3.63) is 30.0 Å². The van der Waals surface area contributed by atoms with Crippen LogP contribution in [0.5, 0.6) is 0 Å². The van der Waals surface area contributed by atoms with E-state index in [1.807, 2.05) is 25.1 Å². The monoisotopic (exact) mass is 256 g/mol. The quantitative estimate of drug-likeness (QED) is 0.867. The van der Waals surface area contributed by atoms with Crippen LogP contribution in [-0.4, -0.2) is 22.1 Å². The molecule has 1 aromatic carbocycles. The molecule has 4 nitrogen and oxygen atoms in total. The number of hydrogen-bond donors (Lipinski definition) is 2. The second kappa shape index (κ2) is 5.13. The first-order valence-electron chi connectivity index (χ1n) is 6.98. The van der Waals surface area contributed by atoms with E-state index in [-0.39, 0.29) is 0 Å². The summed E-state index contributed by atoms with van der Waals surface area (Å²) in [7, 11) is 0. The minimum Gasteiger partial charge on any atom is -0.351 e. The largest absolute Gasteiger partial charge is 0.351 e. The van der Waals surface area contributed by atoms with E-state index in [4.69, 9.17) is 5.73 Å². The molecule has 1 aliphatic rings. The number of hydrogen-bond acceptors (Lipinski definition) is 4. The molecule has 0 saturated heterocycles. The number of nitrogens with zero attached hydrogens (tertiary/aromatic N) is 2. The van der Waals surface area contributed by atoms with Crippen molar-refractivity contribution in [3.63, 3.8) is 0 Å². The Morgan fingerprint density at radius 3 is 2.89 bits per heavy atom. The van der Waals surface area contributed by atoms with Gasteiger partial charge in [-0.3, -0.25) is 0 Å². The average molecular weight is 256 g/mol. The summed E-state index contributed by atoms with van der Waals surface area (Å²) in [6.07, 6.45) is 4.49. The molecule has 0 amide bonds. The molecule has 0 aliphatic heterocycles. The van der Waals surface area contributed by atoms with Crippen LogP contribution >= 0.6 is 0 Å². The summed E-state index contributed by atoms with van der Waals surface area (Å²) >= 11 is 0. The lowest BCUT2D eigenvalue weighted by Gasteiger charge is -2.27. The summed E-state index contributed by atoms with van der Waals surface area (Å²) in [5, 5.41) is 4.56. The number of para-hydroxylation sites is 1. The van der Waals surface area contributed by atoms with Crippen molar-refractivity contribution in [2.45, 2.75) is 44.7 Å². The highest BCUT2D eigenvalue weighted by Crippen LogP contribution is 2.21. The molecule has 1 heterocycles. The SMILES string of the molecule is Cc1nc(N[C@@H]2CCC[C@@H](N)C2)nc2ccccc12. The number of anilines is 1. The summed E-state index contributed by atoms with van der Waals surface area (Å²) in [5.41, 5.74) is 8.04. The molecule has 4 heteroatoms. The van der Waals surface area contributed by atoms with Gasteiger partial charge in [0.1, 0.15) is 0 Å². The second-order valence-electron chi connectivity index (χ2n) is 5.42. The summed E-state index contributed by atoms with van der Waals surface area (Å²) in [6.45, 7) is 2.03. The molecular formula is C15H20N4. The summed E-state index contributed by atoms with van der Waals surface area (Å²) in [6, 6.07) is 8.84. The van der Waals surface area contributed by atoms with Crippen LogP contribution < -0.4 is 11.1 Å². The Bertz CT molecular complexity index is 581. The van der Waals surface area contributed by atoms with Gasteiger partial charge in [0.25, 0.3) is 0 Å². The van der Waals surface area contributed by atoms with E-state index in [0.29, 0.717) is 12.1 Å². The zero-order chi connectivity index (χ0) is 13.2. The van der Waals surface area contributed by atoms with Gasteiger partial charge in [0, 0.05) is 17.5 Å². The summed E-state index contributed by atoms with van der Waals surface area (Å²) in [5.74, 6) is 0.732. The van der Waals surface area contributed by atoms with Crippen LogP contribution in [0.2, 0.25) is 0 Å². The first-order chi connectivity index (χ1) is 9.22. The smallest absolute Gasteiger partial charge is 0.223 e. The number of fused-ring (bicyclic) bond motifs is 1. The maximum absolute atomic E-state index is 6.02. The van der Waals surface area contributed by atoms with Crippen molar-refractivity contribution in [2.24, 2.45) is 5.73 Å². The maximum atomic E-state index is 6.02. The number of rotatable bonds is 2. The van der Waals surface area contributed by atoms with E-state index < -0.39 is 0 Å². The van der Waals surface area contributed by atoms with Crippen LogP contribution in [0.15, 0.2) is 24.3 Å². The van der Waals surface area contributed by atoms with Gasteiger partial charge in [-0.15, -0.1) is 0 Å². The Kier molecular flexibility index (Phi) is 3.34. The van der Waals surface area contributed by atoms with Crippen LogP contribution in [0.4, 0.5) is 5.95 Å². The molecule has 2 atom stereocenters. The molecule has 1 aromatic heterocycles. The minimum atomic E-state index is 0.313. The fourth-order valence-corrected chi connectivity index (χ4v) is 2.84. The summed E-state index contributed by atoms with van der Waals surface area (Å²) < 4.78 is 0. The Hall–Kier alpha value is -1.68. The predicted octanol–water partition coefficient (Wildman–Crippen LogP) is 2.62. The van der Waals surface area contributed by atoms with Crippen molar-refractivity contribution < 1.29 is 0 Å². The van der Waals surface area contributed by atoms with E-state index >= 15 is 0 Å². The van der Waals surface area contributed by atoms with E-state index in [9.17, 15) is 0 Å². The number of nitrogens with one attached hydrogen (secondary N) is 1. The molecule has 19 heavy (non-hydrogen) atoms. The molecular weight excluding hydrogens is 236 g/mol. The standard InChI is InChI=1S/C15H20N4/c1-10-13-7-2-3-8-14(13)19-15(17-10)18-12-6-4-5-11(16)9-12/h2-3,7-8,11-12H,4-6,9,16H2,1H3,(H,17,18,19)/t11-,12-/m1/s1. The maximum Gasteiger partial charge on any atom is 0.223 e. The predicted molar refractivity (Wildman–Crippen MR) is 78.1 cm³/mol. The van der Waals surface area contributed by atoms with Crippen molar-refractivity contribution in [1.82, 2.24) is 9.97 Å². The van der Waals surface area contributed by atoms with Crippen LogP contribution in [-0.2, 0) is 0 Å². The van der Waals surface area contributed by atoms with Crippen LogP contribution in [0, 0.1) is 6.92 Å². The number of aryl methyl sites for hydroxylation is 1. The van der Waals surface area contributed by atoms with Crippen molar-refractivity contribution >= 4 is 16.9 Å². The van der Waals surface area contributed by atoms with Crippen LogP contribution in [0.25, 0.3) is 10.9 Å². The first kappa shape index (κ1) is 12.4. The number of nitrogens with two attached hydrogens (primary N) is 1. The highest BCUT2D eigenvalue weighted by molar-refractivity contribution is 5.81. The van der Waals surface area contributed by atoms with Crippen molar-refractivity contribution in [1.29, 1.82) is 0 Å². The third-order valence-corrected chi connectivity index (χ3v) is 3.84. The molecule has 0 unspecified atom stereocenters. The van der Waals surface area contributed by atoms with Crippen LogP contribution in [0.3, 0.4) is 0 Å². The van der Waals surface area contributed by atoms with Gasteiger partial charge in [-0.25, -0.2) is 9.97 Å². The lowest BCUT2D eigenvalue weighted by Crippen LogP contribution is -2.35. The van der Waals surface area contributed by atoms with E-state index in [1.54, 1.807) is 0 Å². The third-order valence-electron chi connectivity index (χ3n) is 3.84. The zero-order valence-corrected chi connectivity index (χ0v) is 11.3. The highest BCUT2D eigenvalue weighted by atomic mass is 15.1. The molecule has 0 bridgehead atoms. The average Bonchev–Trinajstić information content (AvgIpc) is 2.39. The Labute approximate surface area is 113 Å². The molecule has 3 rings (SSSR count). The second-order valence-corrected chi connectivity index (χ2v) is 5.42. The minimum absolute atomic E-state index is 0.313. The molecule has 1 fully saturated rings. The van der Waals surface area contributed by atoms with Gasteiger partial charge in [-0.05, 0) is 38.7 Å². The van der Waals surface area contributed by atoms with Gasteiger partial charge in [-0.1, -0.05) is 18.2 Å². The normalized spacial score (nSPS) is 23.5. The molecule has 1 aliphatic carbocycles. The topological polar surface area (TPSA) is 63.8 Å². The number of aromatic nitrogens is 2. The van der Waals surface area contributed by atoms with Gasteiger partial charge in [0.05, 0.1) is 11.2 Å². The van der Waals surface area contributed by atoms with Gasteiger partial charge in [0.15, 0.2) is 0 Å². The van der Waals surface area contributed by atoms with Crippen molar-refractivity contribution in [2.75, 3.05) is 5.32 Å². The molecule has 0 radical (unpaired) electrons. The molecule has 100 valence electrons. The highest BCUT2D eigenvalue weighted by Gasteiger charge is 2.19. The number of benzene rings is 1. The van der Waals surface area contributed by atoms with E-state index in [2.05, 4.69) is 21.4 Å². The lowest BCUT2D eigenvalue weighted by molar-refractivity contribution is 0.408. The first-order valence-corrected chi connectivity index (χ1v) is 6.98. The fourth-order valence-electron chi connectivity index (χ4n) is 2.84. The molecule has 0 spiro atoms. The van der Waals surface area contributed by atoms with Gasteiger partial charge in [-0.2, -0.15) is 0 Å². The summed E-state index contributed by atoms with van der Waals surface area (Å²) in [4.78, 5) is 9.15. The molecule has 2 aromatic rings. The van der Waals surface area contributed by atoms with Crippen LogP contribution in [0.1, 0.15) is 31.4 Å². The van der Waals surface area contributed by atoms with Gasteiger partial charge in [0.2, 0.25) is 5.95 Å². The van der Waals surface area contributed by atoms with E-state index in [0.717, 1.165) is 41.8 Å². The Morgan fingerprint density at radius 1 is 1.21 bits per heavy atom. The Morgan fingerprint density at radius 2 is 2.05 bits per heavy atom. The molecule has 1 saturated carbocycles.